The lowest BCUT2D eigenvalue weighted by atomic mass is 9.79. The molecule has 0 spiro atoms. The molecule has 10 heteroatoms. The summed E-state index contributed by atoms with van der Waals surface area (Å²) in [7, 11) is 0. The second-order valence-corrected chi connectivity index (χ2v) is 7.32. The Morgan fingerprint density at radius 3 is 2.60 bits per heavy atom. The Hall–Kier alpha value is -3.56. The van der Waals surface area contributed by atoms with E-state index in [0.717, 1.165) is 12.1 Å². The minimum Gasteiger partial charge on any atom is -0.469 e. The molecular formula is C20H16F3N5O2. The maximum absolute atomic E-state index is 13.1. The van der Waals surface area contributed by atoms with Gasteiger partial charge in [0.2, 0.25) is 11.9 Å². The number of nitrogens with two attached hydrogens (primary N) is 1. The van der Waals surface area contributed by atoms with Gasteiger partial charge >= 0.3 is 6.18 Å². The number of aromatic nitrogens is 3. The Morgan fingerprint density at radius 1 is 1.17 bits per heavy atom. The molecule has 5 rings (SSSR count). The predicted molar refractivity (Wildman–Crippen MR) is 100 cm³/mol. The summed E-state index contributed by atoms with van der Waals surface area (Å²) in [6, 6.07) is 7.58. The molecule has 0 bridgehead atoms. The number of nitrogens with zero attached hydrogens (tertiary/aromatic N) is 3. The highest BCUT2D eigenvalue weighted by atomic mass is 19.4. The molecule has 2 atom stereocenters. The molecule has 3 N–H and O–H groups in total. The van der Waals surface area contributed by atoms with E-state index in [1.807, 2.05) is 6.07 Å². The summed E-state index contributed by atoms with van der Waals surface area (Å²) in [6.45, 7) is 0. The van der Waals surface area contributed by atoms with Crippen molar-refractivity contribution in [2.45, 2.75) is 31.0 Å². The summed E-state index contributed by atoms with van der Waals surface area (Å²) in [5.74, 6) is 0.774. The first kappa shape index (κ1) is 18.5. The zero-order valence-corrected chi connectivity index (χ0v) is 15.5. The van der Waals surface area contributed by atoms with Crippen molar-refractivity contribution >= 4 is 17.7 Å². The smallest absolute Gasteiger partial charge is 0.416 e. The number of hydrogen-bond acceptors (Lipinski definition) is 6. The Kier molecular flexibility index (Phi) is 3.99. The SMILES string of the molecule is Nc1nc2n(n1)[C@@H](c1ccc(C(F)(F)F)cc1)C1=C(C[C@@H](c3ccco3)CC1=O)N2. The zero-order valence-electron chi connectivity index (χ0n) is 15.5. The maximum atomic E-state index is 13.1. The van der Waals surface area contributed by atoms with E-state index >= 15 is 0 Å². The van der Waals surface area contributed by atoms with Crippen LogP contribution in [0.25, 0.3) is 0 Å². The number of halogens is 3. The third-order valence-corrected chi connectivity index (χ3v) is 5.44. The van der Waals surface area contributed by atoms with E-state index in [-0.39, 0.29) is 24.1 Å². The van der Waals surface area contributed by atoms with Crippen LogP contribution in [-0.2, 0) is 11.0 Å². The van der Waals surface area contributed by atoms with Gasteiger partial charge in [0, 0.05) is 23.6 Å². The number of rotatable bonds is 2. The number of anilines is 2. The monoisotopic (exact) mass is 415 g/mol. The van der Waals surface area contributed by atoms with Gasteiger partial charge in [0.25, 0.3) is 0 Å². The van der Waals surface area contributed by atoms with E-state index in [9.17, 15) is 18.0 Å². The van der Waals surface area contributed by atoms with Crippen LogP contribution < -0.4 is 11.1 Å². The number of Topliss-reactive ketones (excluding diaryl/α,β-unsaturated/α-hetero) is 1. The molecule has 3 aromatic rings. The van der Waals surface area contributed by atoms with E-state index in [4.69, 9.17) is 10.2 Å². The molecule has 0 saturated heterocycles. The van der Waals surface area contributed by atoms with Crippen LogP contribution in [0.1, 0.15) is 41.7 Å². The number of carbonyl (C=O) groups is 1. The number of fused-ring (bicyclic) bond motifs is 1. The van der Waals surface area contributed by atoms with E-state index in [1.165, 1.54) is 16.8 Å². The second kappa shape index (κ2) is 6.48. The second-order valence-electron chi connectivity index (χ2n) is 7.32. The molecule has 7 nitrogen and oxygen atoms in total. The lowest BCUT2D eigenvalue weighted by Gasteiger charge is -2.34. The van der Waals surface area contributed by atoms with Gasteiger partial charge in [0.15, 0.2) is 5.78 Å². The minimum atomic E-state index is -4.45. The van der Waals surface area contributed by atoms with Crippen LogP contribution >= 0.6 is 0 Å². The van der Waals surface area contributed by atoms with E-state index in [1.54, 1.807) is 12.3 Å². The number of furan rings is 1. The lowest BCUT2D eigenvalue weighted by molar-refractivity contribution is -0.137. The first-order valence-corrected chi connectivity index (χ1v) is 9.27. The van der Waals surface area contributed by atoms with Gasteiger partial charge in [0.1, 0.15) is 11.8 Å². The Morgan fingerprint density at radius 2 is 1.93 bits per heavy atom. The van der Waals surface area contributed by atoms with Gasteiger partial charge in [-0.25, -0.2) is 4.68 Å². The van der Waals surface area contributed by atoms with Crippen LogP contribution in [0, 0.1) is 0 Å². The molecule has 30 heavy (non-hydrogen) atoms. The fraction of sp³-hybridized carbons (Fsp3) is 0.250. The normalized spacial score (nSPS) is 21.2. The van der Waals surface area contributed by atoms with Crippen LogP contribution in [0.15, 0.2) is 58.3 Å². The number of benzene rings is 1. The van der Waals surface area contributed by atoms with Crippen molar-refractivity contribution in [3.8, 4) is 0 Å². The number of hydrogen-bond donors (Lipinski definition) is 2. The summed E-state index contributed by atoms with van der Waals surface area (Å²) in [6.07, 6.45) is -2.17. The molecular weight excluding hydrogens is 399 g/mol. The van der Waals surface area contributed by atoms with Gasteiger partial charge in [-0.3, -0.25) is 4.79 Å². The molecule has 154 valence electrons. The van der Waals surface area contributed by atoms with Crippen molar-refractivity contribution < 1.29 is 22.4 Å². The summed E-state index contributed by atoms with van der Waals surface area (Å²) in [5, 5.41) is 7.29. The maximum Gasteiger partial charge on any atom is 0.416 e. The Labute approximate surface area is 168 Å². The number of nitrogens with one attached hydrogen (secondary N) is 1. The predicted octanol–water partition coefficient (Wildman–Crippen LogP) is 3.89. The summed E-state index contributed by atoms with van der Waals surface area (Å²) >= 11 is 0. The highest BCUT2D eigenvalue weighted by Crippen LogP contribution is 2.44. The molecule has 2 aliphatic rings. The molecule has 0 radical (unpaired) electrons. The third kappa shape index (κ3) is 2.95. The van der Waals surface area contributed by atoms with Crippen LogP contribution in [0.5, 0.6) is 0 Å². The molecule has 0 amide bonds. The van der Waals surface area contributed by atoms with Gasteiger partial charge in [-0.2, -0.15) is 18.2 Å². The number of nitrogen functional groups attached to an aromatic ring is 1. The highest BCUT2D eigenvalue weighted by Gasteiger charge is 2.40. The minimum absolute atomic E-state index is 0.00397. The molecule has 0 fully saturated rings. The first-order valence-electron chi connectivity index (χ1n) is 9.27. The number of carbonyl (C=O) groups excluding carboxylic acids is 1. The van der Waals surface area contributed by atoms with Crippen LogP contribution in [0.4, 0.5) is 25.1 Å². The van der Waals surface area contributed by atoms with Crippen LogP contribution in [-0.4, -0.2) is 20.5 Å². The molecule has 3 heterocycles. The van der Waals surface area contributed by atoms with Gasteiger partial charge in [0.05, 0.1) is 11.8 Å². The topological polar surface area (TPSA) is 99.0 Å². The van der Waals surface area contributed by atoms with Crippen molar-refractivity contribution in [3.63, 3.8) is 0 Å². The number of alkyl halides is 3. The van der Waals surface area contributed by atoms with Crippen molar-refractivity contribution in [2.75, 3.05) is 11.1 Å². The lowest BCUT2D eigenvalue weighted by Crippen LogP contribution is -2.33. The van der Waals surface area contributed by atoms with E-state index in [2.05, 4.69) is 15.4 Å². The summed E-state index contributed by atoms with van der Waals surface area (Å²) in [4.78, 5) is 17.3. The third-order valence-electron chi connectivity index (χ3n) is 5.44. The molecule has 1 aliphatic heterocycles. The Balaban J connectivity index is 1.60. The van der Waals surface area contributed by atoms with E-state index < -0.39 is 17.8 Å². The fourth-order valence-corrected chi connectivity index (χ4v) is 4.12. The molecule has 0 unspecified atom stereocenters. The average molecular weight is 415 g/mol. The summed E-state index contributed by atoms with van der Waals surface area (Å²) < 4.78 is 45.9. The van der Waals surface area contributed by atoms with Gasteiger partial charge < -0.3 is 15.5 Å². The molecule has 0 saturated carbocycles. The fourth-order valence-electron chi connectivity index (χ4n) is 4.12. The zero-order chi connectivity index (χ0) is 21.0. The quantitative estimate of drug-likeness (QED) is 0.659. The first-order chi connectivity index (χ1) is 14.3. The van der Waals surface area contributed by atoms with E-state index in [0.29, 0.717) is 35.0 Å². The van der Waals surface area contributed by atoms with Gasteiger partial charge in [-0.15, -0.1) is 5.10 Å². The van der Waals surface area contributed by atoms with Crippen molar-refractivity contribution in [3.05, 3.63) is 70.8 Å². The van der Waals surface area contributed by atoms with Crippen LogP contribution in [0.3, 0.4) is 0 Å². The van der Waals surface area contributed by atoms with Crippen molar-refractivity contribution in [1.29, 1.82) is 0 Å². The molecule has 1 aromatic carbocycles. The number of ketones is 1. The van der Waals surface area contributed by atoms with Crippen molar-refractivity contribution in [2.24, 2.45) is 0 Å². The van der Waals surface area contributed by atoms with Crippen molar-refractivity contribution in [1.82, 2.24) is 14.8 Å². The van der Waals surface area contributed by atoms with Crippen LogP contribution in [0.2, 0.25) is 0 Å². The Bertz CT molecular complexity index is 1150. The van der Waals surface area contributed by atoms with Gasteiger partial charge in [-0.05, 0) is 36.2 Å². The standard InChI is InChI=1S/C20H16F3N5O2/c21-20(22,23)12-5-3-10(4-6-12)17-16-13(25-19-26-18(24)27-28(17)19)8-11(9-14(16)29)15-2-1-7-30-15/h1-7,11,17H,8-9H2,(H3,24,25,26,27)/t11-,17+/m1/s1. The average Bonchev–Trinajstić information content (AvgIpc) is 3.34. The largest absolute Gasteiger partial charge is 0.469 e. The molecule has 1 aliphatic carbocycles. The summed E-state index contributed by atoms with van der Waals surface area (Å²) in [5.41, 5.74) is 6.59. The molecule has 2 aromatic heterocycles. The van der Waals surface area contributed by atoms with Gasteiger partial charge in [-0.1, -0.05) is 12.1 Å². The number of allylic oxidation sites excluding steroid dienone is 2. The highest BCUT2D eigenvalue weighted by molar-refractivity contribution is 6.00.